The predicted octanol–water partition coefficient (Wildman–Crippen LogP) is 1.88. The lowest BCUT2D eigenvalue weighted by molar-refractivity contribution is -0.137. The standard InChI is InChI=1S/C18H16ClFN2O4/c1-26-13-8-7-11(20)14(15(13)19)18(25)22-12(16(23)17(21)24)9-10-5-3-2-4-6-10/h2-8,12H,9H2,1H3,(H2,21,24)(H,22,25). The number of hydrogen-bond acceptors (Lipinski definition) is 4. The summed E-state index contributed by atoms with van der Waals surface area (Å²) in [6, 6.07) is 9.70. The largest absolute Gasteiger partial charge is 0.495 e. The zero-order chi connectivity index (χ0) is 19.3. The van der Waals surface area contributed by atoms with Gasteiger partial charge in [-0.3, -0.25) is 14.4 Å². The number of ketones is 1. The Morgan fingerprint density at radius 2 is 1.85 bits per heavy atom. The van der Waals surface area contributed by atoms with E-state index >= 15 is 0 Å². The van der Waals surface area contributed by atoms with E-state index in [1.54, 1.807) is 30.3 Å². The Labute approximate surface area is 154 Å². The molecule has 0 radical (unpaired) electrons. The maximum Gasteiger partial charge on any atom is 0.287 e. The first kappa shape index (κ1) is 19.4. The molecule has 0 aliphatic rings. The number of nitrogens with two attached hydrogens (primary N) is 1. The van der Waals surface area contributed by atoms with E-state index in [1.807, 2.05) is 0 Å². The highest BCUT2D eigenvalue weighted by molar-refractivity contribution is 6.38. The summed E-state index contributed by atoms with van der Waals surface area (Å²) in [7, 11) is 1.32. The van der Waals surface area contributed by atoms with Gasteiger partial charge in [-0.05, 0) is 17.7 Å². The summed E-state index contributed by atoms with van der Waals surface area (Å²) in [5.41, 5.74) is 5.25. The number of methoxy groups -OCH3 is 1. The molecule has 1 unspecified atom stereocenters. The van der Waals surface area contributed by atoms with Gasteiger partial charge in [0.2, 0.25) is 5.78 Å². The maximum absolute atomic E-state index is 14.1. The lowest BCUT2D eigenvalue weighted by atomic mass is 10.0. The Morgan fingerprint density at radius 3 is 2.42 bits per heavy atom. The molecule has 2 amide bonds. The lowest BCUT2D eigenvalue weighted by Crippen LogP contribution is -2.47. The summed E-state index contributed by atoms with van der Waals surface area (Å²) >= 11 is 5.99. The summed E-state index contributed by atoms with van der Waals surface area (Å²) in [5.74, 6) is -3.95. The third kappa shape index (κ3) is 4.37. The van der Waals surface area contributed by atoms with Crippen molar-refractivity contribution >= 4 is 29.2 Å². The third-order valence-corrected chi connectivity index (χ3v) is 4.03. The minimum atomic E-state index is -1.26. The van der Waals surface area contributed by atoms with Crippen LogP contribution in [-0.4, -0.2) is 30.7 Å². The fraction of sp³-hybridized carbons (Fsp3) is 0.167. The maximum atomic E-state index is 14.1. The lowest BCUT2D eigenvalue weighted by Gasteiger charge is -2.17. The zero-order valence-corrected chi connectivity index (χ0v) is 14.5. The summed E-state index contributed by atoms with van der Waals surface area (Å²) in [5, 5.41) is 2.09. The number of rotatable bonds is 7. The van der Waals surface area contributed by atoms with Crippen LogP contribution in [0.2, 0.25) is 5.02 Å². The Balaban J connectivity index is 2.32. The molecular formula is C18H16ClFN2O4. The van der Waals surface area contributed by atoms with Gasteiger partial charge in [-0.2, -0.15) is 0 Å². The average Bonchev–Trinajstić information content (AvgIpc) is 2.61. The van der Waals surface area contributed by atoms with Crippen LogP contribution in [0.15, 0.2) is 42.5 Å². The molecule has 8 heteroatoms. The number of Topliss-reactive ketones (excluding diaryl/α,β-unsaturated/α-hetero) is 1. The number of amides is 2. The van der Waals surface area contributed by atoms with E-state index in [0.29, 0.717) is 5.56 Å². The molecular weight excluding hydrogens is 363 g/mol. The number of hydrogen-bond donors (Lipinski definition) is 2. The smallest absolute Gasteiger partial charge is 0.287 e. The fourth-order valence-electron chi connectivity index (χ4n) is 2.36. The van der Waals surface area contributed by atoms with Crippen LogP contribution >= 0.6 is 11.6 Å². The van der Waals surface area contributed by atoms with Gasteiger partial charge >= 0.3 is 0 Å². The molecule has 0 aliphatic carbocycles. The van der Waals surface area contributed by atoms with Crippen molar-refractivity contribution in [3.05, 3.63) is 64.4 Å². The van der Waals surface area contributed by atoms with Gasteiger partial charge in [-0.1, -0.05) is 41.9 Å². The molecule has 136 valence electrons. The van der Waals surface area contributed by atoms with E-state index in [9.17, 15) is 18.8 Å². The van der Waals surface area contributed by atoms with E-state index < -0.39 is 35.0 Å². The van der Waals surface area contributed by atoms with Crippen LogP contribution in [0.25, 0.3) is 0 Å². The number of primary amides is 1. The molecule has 6 nitrogen and oxygen atoms in total. The van der Waals surface area contributed by atoms with E-state index in [2.05, 4.69) is 5.32 Å². The molecule has 0 bridgehead atoms. The Hall–Kier alpha value is -2.93. The molecule has 1 atom stereocenters. The third-order valence-electron chi connectivity index (χ3n) is 3.65. The zero-order valence-electron chi connectivity index (χ0n) is 13.8. The second kappa shape index (κ2) is 8.44. The van der Waals surface area contributed by atoms with Gasteiger partial charge in [0.05, 0.1) is 17.7 Å². The first-order valence-corrected chi connectivity index (χ1v) is 7.93. The van der Waals surface area contributed by atoms with Crippen LogP contribution in [0.1, 0.15) is 15.9 Å². The van der Waals surface area contributed by atoms with Crippen LogP contribution < -0.4 is 15.8 Å². The van der Waals surface area contributed by atoms with Crippen LogP contribution in [0.5, 0.6) is 5.75 Å². The molecule has 0 saturated heterocycles. The Bertz CT molecular complexity index is 843. The number of ether oxygens (including phenoxy) is 1. The van der Waals surface area contributed by atoms with Crippen LogP contribution in [0.4, 0.5) is 4.39 Å². The first-order chi connectivity index (χ1) is 12.3. The number of benzene rings is 2. The predicted molar refractivity (Wildman–Crippen MR) is 93.6 cm³/mol. The molecule has 0 fully saturated rings. The molecule has 0 aromatic heterocycles. The summed E-state index contributed by atoms with van der Waals surface area (Å²) in [4.78, 5) is 35.8. The van der Waals surface area contributed by atoms with Crippen molar-refractivity contribution in [2.45, 2.75) is 12.5 Å². The van der Waals surface area contributed by atoms with Crippen LogP contribution in [0.3, 0.4) is 0 Å². The highest BCUT2D eigenvalue weighted by Gasteiger charge is 2.28. The minimum Gasteiger partial charge on any atom is -0.495 e. The number of carbonyl (C=O) groups is 3. The summed E-state index contributed by atoms with van der Waals surface area (Å²) in [6.45, 7) is 0. The van der Waals surface area contributed by atoms with Crippen molar-refractivity contribution < 1.29 is 23.5 Å². The SMILES string of the molecule is COc1ccc(F)c(C(=O)NC(Cc2ccccc2)C(=O)C(N)=O)c1Cl. The second-order valence-corrected chi connectivity index (χ2v) is 5.76. The van der Waals surface area contributed by atoms with Crippen molar-refractivity contribution in [2.75, 3.05) is 7.11 Å². The molecule has 0 heterocycles. The van der Waals surface area contributed by atoms with Gasteiger partial charge in [0.15, 0.2) is 0 Å². The average molecular weight is 379 g/mol. The molecule has 3 N–H and O–H groups in total. The van der Waals surface area contributed by atoms with Crippen molar-refractivity contribution in [1.82, 2.24) is 5.32 Å². The monoisotopic (exact) mass is 378 g/mol. The van der Waals surface area contributed by atoms with Gasteiger partial charge in [-0.15, -0.1) is 0 Å². The number of nitrogens with one attached hydrogen (secondary N) is 1. The van der Waals surface area contributed by atoms with Gasteiger partial charge < -0.3 is 15.8 Å². The van der Waals surface area contributed by atoms with Crippen molar-refractivity contribution in [3.63, 3.8) is 0 Å². The fourth-order valence-corrected chi connectivity index (χ4v) is 2.68. The molecule has 2 rings (SSSR count). The molecule has 2 aromatic rings. The van der Waals surface area contributed by atoms with Gasteiger partial charge in [0.1, 0.15) is 17.6 Å². The van der Waals surface area contributed by atoms with Crippen molar-refractivity contribution in [1.29, 1.82) is 0 Å². The van der Waals surface area contributed by atoms with E-state index in [1.165, 1.54) is 13.2 Å². The Morgan fingerprint density at radius 1 is 1.19 bits per heavy atom. The van der Waals surface area contributed by atoms with Crippen LogP contribution in [-0.2, 0) is 16.0 Å². The van der Waals surface area contributed by atoms with Crippen LogP contribution in [0, 0.1) is 5.82 Å². The van der Waals surface area contributed by atoms with Gasteiger partial charge in [-0.25, -0.2) is 4.39 Å². The topological polar surface area (TPSA) is 98.5 Å². The highest BCUT2D eigenvalue weighted by atomic mass is 35.5. The first-order valence-electron chi connectivity index (χ1n) is 7.55. The van der Waals surface area contributed by atoms with Gasteiger partial charge in [0, 0.05) is 6.42 Å². The molecule has 26 heavy (non-hydrogen) atoms. The molecule has 0 spiro atoms. The minimum absolute atomic E-state index is 0.0115. The highest BCUT2D eigenvalue weighted by Crippen LogP contribution is 2.30. The van der Waals surface area contributed by atoms with Crippen molar-refractivity contribution in [3.8, 4) is 5.75 Å². The van der Waals surface area contributed by atoms with E-state index in [4.69, 9.17) is 22.1 Å². The summed E-state index contributed by atoms with van der Waals surface area (Å²) < 4.78 is 19.0. The normalized spacial score (nSPS) is 11.5. The van der Waals surface area contributed by atoms with E-state index in [-0.39, 0.29) is 17.2 Å². The van der Waals surface area contributed by atoms with Crippen molar-refractivity contribution in [2.24, 2.45) is 5.73 Å². The molecule has 0 saturated carbocycles. The van der Waals surface area contributed by atoms with E-state index in [0.717, 1.165) is 6.07 Å². The Kier molecular flexibility index (Phi) is 6.30. The molecule has 0 aliphatic heterocycles. The number of carbonyl (C=O) groups excluding carboxylic acids is 3. The molecule has 2 aromatic carbocycles. The van der Waals surface area contributed by atoms with Gasteiger partial charge in [0.25, 0.3) is 11.8 Å². The number of halogens is 2. The second-order valence-electron chi connectivity index (χ2n) is 5.38. The quantitative estimate of drug-likeness (QED) is 0.719. The summed E-state index contributed by atoms with van der Waals surface area (Å²) in [6.07, 6.45) is 0.0115.